The predicted octanol–water partition coefficient (Wildman–Crippen LogP) is 4.45. The van der Waals surface area contributed by atoms with Crippen molar-refractivity contribution in [1.82, 2.24) is 10.3 Å². The van der Waals surface area contributed by atoms with Crippen LogP contribution in [0.25, 0.3) is 0 Å². The van der Waals surface area contributed by atoms with Gasteiger partial charge in [0.25, 0.3) is 17.2 Å². The summed E-state index contributed by atoms with van der Waals surface area (Å²) in [6.07, 6.45) is 2.16. The number of nitrogens with one attached hydrogen (secondary N) is 1. The second kappa shape index (κ2) is 9.02. The molecule has 0 radical (unpaired) electrons. The van der Waals surface area contributed by atoms with Crippen LogP contribution in [0.4, 0.5) is 11.5 Å². The molecule has 152 valence electrons. The van der Waals surface area contributed by atoms with Gasteiger partial charge in [0.05, 0.1) is 17.3 Å². The molecule has 2 N–H and O–H groups in total. The van der Waals surface area contributed by atoms with Gasteiger partial charge in [-0.2, -0.15) is 0 Å². The number of rotatable bonds is 7. The van der Waals surface area contributed by atoms with Crippen LogP contribution in [0.5, 0.6) is 0 Å². The fraction of sp³-hybridized carbons (Fsp3) is 0.238. The fourth-order valence-corrected chi connectivity index (χ4v) is 3.62. The molecule has 2 aromatic heterocycles. The van der Waals surface area contributed by atoms with Gasteiger partial charge in [0, 0.05) is 6.20 Å². The maximum atomic E-state index is 13.1. The number of aryl methyl sites for hydroxylation is 2. The molecule has 2 heterocycles. The first-order chi connectivity index (χ1) is 13.9. The lowest BCUT2D eigenvalue weighted by Crippen LogP contribution is -2.30. The molecule has 8 heteroatoms. The molecule has 0 bridgehead atoms. The fourth-order valence-electron chi connectivity index (χ4n) is 3.02. The van der Waals surface area contributed by atoms with Crippen LogP contribution in [-0.4, -0.2) is 19.7 Å². The van der Waals surface area contributed by atoms with Crippen molar-refractivity contribution >= 4 is 28.7 Å². The monoisotopic (exact) mass is 413 g/mol. The van der Waals surface area contributed by atoms with Crippen LogP contribution in [0, 0.1) is 13.8 Å². The zero-order chi connectivity index (χ0) is 21.0. The Balaban J connectivity index is 1.99. The van der Waals surface area contributed by atoms with Crippen LogP contribution in [0.3, 0.4) is 0 Å². The first-order valence-electron chi connectivity index (χ1n) is 9.20. The number of carbonyl (C=O) groups excluding carboxylic acids is 1. The molecule has 1 amide bonds. The highest BCUT2D eigenvalue weighted by atomic mass is 32.2. The van der Waals surface area contributed by atoms with E-state index in [4.69, 9.17) is 4.42 Å². The number of furan rings is 1. The summed E-state index contributed by atoms with van der Waals surface area (Å²) in [4.78, 5) is 17.3. The van der Waals surface area contributed by atoms with E-state index in [-0.39, 0.29) is 29.0 Å². The Kier molecular flexibility index (Phi) is 6.46. The Morgan fingerprint density at radius 1 is 1.24 bits per heavy atom. The van der Waals surface area contributed by atoms with Crippen molar-refractivity contribution in [3.05, 3.63) is 77.4 Å². The van der Waals surface area contributed by atoms with Crippen molar-refractivity contribution in [2.45, 2.75) is 33.2 Å². The highest BCUT2D eigenvalue weighted by Gasteiger charge is 2.25. The first kappa shape index (κ1) is 20.8. The second-order valence-electron chi connectivity index (χ2n) is 6.62. The predicted molar refractivity (Wildman–Crippen MR) is 112 cm³/mol. The van der Waals surface area contributed by atoms with Crippen LogP contribution in [0.1, 0.15) is 46.8 Å². The quantitative estimate of drug-likeness (QED) is 0.558. The minimum Gasteiger partial charge on any atom is -0.464 e. The number of pyridine rings is 1. The highest BCUT2D eigenvalue weighted by molar-refractivity contribution is 7.81. The molecule has 0 aliphatic carbocycles. The lowest BCUT2D eigenvalue weighted by Gasteiger charge is -2.23. The molecule has 0 spiro atoms. The van der Waals surface area contributed by atoms with Crippen molar-refractivity contribution < 1.29 is 18.0 Å². The lowest BCUT2D eigenvalue weighted by molar-refractivity contribution is 0.0930. The number of carbonyl (C=O) groups is 1. The molecule has 2 unspecified atom stereocenters. The van der Waals surface area contributed by atoms with E-state index in [0.29, 0.717) is 12.2 Å². The van der Waals surface area contributed by atoms with Crippen molar-refractivity contribution in [3.63, 3.8) is 0 Å². The van der Waals surface area contributed by atoms with E-state index in [1.165, 1.54) is 6.20 Å². The molecule has 1 aromatic carbocycles. The number of anilines is 2. The van der Waals surface area contributed by atoms with Crippen molar-refractivity contribution in [2.75, 3.05) is 4.31 Å². The van der Waals surface area contributed by atoms with Gasteiger partial charge in [-0.15, -0.1) is 0 Å². The Morgan fingerprint density at radius 3 is 2.62 bits per heavy atom. The molecule has 0 aliphatic heterocycles. The van der Waals surface area contributed by atoms with E-state index in [2.05, 4.69) is 10.3 Å². The minimum atomic E-state index is -2.41. The maximum Gasteiger partial charge on any atom is 0.267 e. The van der Waals surface area contributed by atoms with Gasteiger partial charge in [0.15, 0.2) is 0 Å². The van der Waals surface area contributed by atoms with Gasteiger partial charge in [-0.05, 0) is 56.7 Å². The Bertz CT molecular complexity index is 1020. The summed E-state index contributed by atoms with van der Waals surface area (Å²) in [6.45, 7) is 5.65. The minimum absolute atomic E-state index is 0.264. The van der Waals surface area contributed by atoms with Gasteiger partial charge in [0.2, 0.25) is 0 Å². The summed E-state index contributed by atoms with van der Waals surface area (Å²) < 4.78 is 28.8. The average Bonchev–Trinajstić information content (AvgIpc) is 3.14. The second-order valence-corrected chi connectivity index (χ2v) is 7.44. The number of benzene rings is 1. The number of amides is 1. The molecular weight excluding hydrogens is 390 g/mol. The summed E-state index contributed by atoms with van der Waals surface area (Å²) in [6, 6.07) is 13.5. The molecule has 29 heavy (non-hydrogen) atoms. The van der Waals surface area contributed by atoms with Crippen molar-refractivity contribution in [1.29, 1.82) is 0 Å². The summed E-state index contributed by atoms with van der Waals surface area (Å²) in [5.74, 6) is 1.33. The van der Waals surface area contributed by atoms with Gasteiger partial charge in [-0.1, -0.05) is 24.6 Å². The van der Waals surface area contributed by atoms with Crippen LogP contribution in [-0.2, 0) is 11.3 Å². The summed E-state index contributed by atoms with van der Waals surface area (Å²) in [7, 11) is 0. The van der Waals surface area contributed by atoms with Crippen LogP contribution in [0.2, 0.25) is 0 Å². The number of hydrogen-bond acceptors (Lipinski definition) is 4. The molecule has 7 nitrogen and oxygen atoms in total. The maximum absolute atomic E-state index is 13.1. The molecule has 3 rings (SSSR count). The van der Waals surface area contributed by atoms with Crippen LogP contribution < -0.4 is 9.62 Å². The van der Waals surface area contributed by atoms with Gasteiger partial charge in [0.1, 0.15) is 17.3 Å². The third kappa shape index (κ3) is 4.72. The SMILES string of the molecule is CCC(NC(=O)c1cc(C)ccc1N(c1ccccn1)S(=O)O)c1ccc(C)o1. The molecule has 0 fully saturated rings. The standard InChI is InChI=1S/C21H23N3O4S/c1-4-17(19-11-9-15(3)28-19)23-21(25)16-13-14(2)8-10-18(16)24(29(26)27)20-7-5-6-12-22-20/h5-13,17H,4H2,1-3H3,(H,23,25)(H,26,27). The van der Waals surface area contributed by atoms with Gasteiger partial charge in [-0.25, -0.2) is 13.5 Å². The lowest BCUT2D eigenvalue weighted by atomic mass is 10.1. The molecule has 0 aliphatic rings. The third-order valence-corrected chi connectivity index (χ3v) is 5.14. The molecule has 2 atom stereocenters. The number of nitrogens with zero attached hydrogens (tertiary/aromatic N) is 2. The van der Waals surface area contributed by atoms with Gasteiger partial charge >= 0.3 is 0 Å². The topological polar surface area (TPSA) is 95.7 Å². The van der Waals surface area contributed by atoms with E-state index in [1.54, 1.807) is 36.4 Å². The summed E-state index contributed by atoms with van der Waals surface area (Å²) in [5, 5.41) is 2.97. The number of hydrogen-bond donors (Lipinski definition) is 2. The summed E-state index contributed by atoms with van der Waals surface area (Å²) in [5.41, 5.74) is 1.42. The third-order valence-electron chi connectivity index (χ3n) is 4.45. The van der Waals surface area contributed by atoms with E-state index >= 15 is 0 Å². The Hall–Kier alpha value is -2.97. The van der Waals surface area contributed by atoms with Crippen molar-refractivity contribution in [3.8, 4) is 0 Å². The van der Waals surface area contributed by atoms with E-state index in [9.17, 15) is 13.6 Å². The smallest absolute Gasteiger partial charge is 0.267 e. The molecule has 0 saturated carbocycles. The molecular formula is C21H23N3O4S. The normalized spacial score (nSPS) is 13.0. The molecule has 0 saturated heterocycles. The van der Waals surface area contributed by atoms with Crippen LogP contribution in [0.15, 0.2) is 59.1 Å². The summed E-state index contributed by atoms with van der Waals surface area (Å²) >= 11 is -2.41. The number of aromatic nitrogens is 1. The molecule has 3 aromatic rings. The Morgan fingerprint density at radius 2 is 2.03 bits per heavy atom. The van der Waals surface area contributed by atoms with Crippen LogP contribution >= 0.6 is 0 Å². The van der Waals surface area contributed by atoms with E-state index < -0.39 is 11.3 Å². The van der Waals surface area contributed by atoms with Crippen molar-refractivity contribution in [2.24, 2.45) is 0 Å². The average molecular weight is 413 g/mol. The van der Waals surface area contributed by atoms with Gasteiger partial charge in [-0.3, -0.25) is 9.35 Å². The highest BCUT2D eigenvalue weighted by Crippen LogP contribution is 2.30. The Labute approximate surface area is 172 Å². The zero-order valence-corrected chi connectivity index (χ0v) is 17.3. The van der Waals surface area contributed by atoms with Gasteiger partial charge < -0.3 is 9.73 Å². The zero-order valence-electron chi connectivity index (χ0n) is 16.5. The first-order valence-corrected chi connectivity index (χ1v) is 10.3. The van der Waals surface area contributed by atoms with E-state index in [1.807, 2.05) is 32.9 Å². The largest absolute Gasteiger partial charge is 0.464 e. The van der Waals surface area contributed by atoms with E-state index in [0.717, 1.165) is 15.6 Å².